The van der Waals surface area contributed by atoms with Crippen LogP contribution >= 0.6 is 11.3 Å². The van der Waals surface area contributed by atoms with Gasteiger partial charge in [0, 0.05) is 17.2 Å². The number of benzene rings is 2. The van der Waals surface area contributed by atoms with E-state index in [-0.39, 0.29) is 17.7 Å². The third kappa shape index (κ3) is 4.09. The number of para-hydroxylation sites is 1. The van der Waals surface area contributed by atoms with Crippen molar-refractivity contribution in [3.05, 3.63) is 75.7 Å². The Hall–Kier alpha value is -2.74. The molecular formula is C22H20F3N3OS. The van der Waals surface area contributed by atoms with Crippen molar-refractivity contribution < 1.29 is 18.0 Å². The predicted molar refractivity (Wildman–Crippen MR) is 109 cm³/mol. The minimum absolute atomic E-state index is 0.0478. The predicted octanol–water partition coefficient (Wildman–Crippen LogP) is 5.92. The maximum Gasteiger partial charge on any atom is 0.416 e. The van der Waals surface area contributed by atoms with Crippen molar-refractivity contribution in [2.24, 2.45) is 5.92 Å². The average Bonchev–Trinajstić information content (AvgIpc) is 3.34. The number of carbonyl (C=O) groups is 1. The van der Waals surface area contributed by atoms with Crippen molar-refractivity contribution in [2.75, 3.05) is 4.90 Å². The Balaban J connectivity index is 0.000000181. The van der Waals surface area contributed by atoms with Gasteiger partial charge < -0.3 is 4.90 Å². The summed E-state index contributed by atoms with van der Waals surface area (Å²) < 4.78 is 38.9. The second kappa shape index (κ2) is 8.18. The van der Waals surface area contributed by atoms with Crippen LogP contribution in [0.3, 0.4) is 0 Å². The Kier molecular flexibility index (Phi) is 5.60. The van der Waals surface area contributed by atoms with Crippen LogP contribution in [0.25, 0.3) is 0 Å². The molecule has 0 unspecified atom stereocenters. The first-order valence-corrected chi connectivity index (χ1v) is 10.5. The second-order valence-corrected chi connectivity index (χ2v) is 8.47. The molecule has 30 heavy (non-hydrogen) atoms. The summed E-state index contributed by atoms with van der Waals surface area (Å²) in [6, 6.07) is 12.4. The summed E-state index contributed by atoms with van der Waals surface area (Å²) in [4.78, 5) is 13.6. The standard InChI is InChI=1S/C15H10F3NO.C7H10N2S/c16-15(17,18)13-8-4-7-11-12(13)9-19(14(11)20)10-5-2-1-3-6-10;1-5-2-6(3-5)7-9-8-4-10-7/h1-8H,9H2;4-6H,2-3H2,1H3. The number of rotatable bonds is 2. The molecule has 1 saturated carbocycles. The molecule has 4 nitrogen and oxygen atoms in total. The summed E-state index contributed by atoms with van der Waals surface area (Å²) in [7, 11) is 0. The summed E-state index contributed by atoms with van der Waals surface area (Å²) in [5, 5.41) is 9.09. The van der Waals surface area contributed by atoms with Crippen molar-refractivity contribution in [1.29, 1.82) is 0 Å². The Morgan fingerprint density at radius 2 is 1.80 bits per heavy atom. The molecule has 3 aromatic rings. The van der Waals surface area contributed by atoms with Gasteiger partial charge in [-0.05, 0) is 48.6 Å². The van der Waals surface area contributed by atoms with Crippen LogP contribution in [-0.4, -0.2) is 16.1 Å². The minimum Gasteiger partial charge on any atom is -0.304 e. The SMILES string of the molecule is CC1CC(c2nncs2)C1.O=C1c2cccc(C(F)(F)F)c2CN1c1ccccc1. The van der Waals surface area contributed by atoms with Gasteiger partial charge in [0.15, 0.2) is 0 Å². The lowest BCUT2D eigenvalue weighted by Gasteiger charge is -2.30. The molecule has 8 heteroatoms. The molecule has 0 atom stereocenters. The molecule has 0 bridgehead atoms. The van der Waals surface area contributed by atoms with Crippen LogP contribution in [0.5, 0.6) is 0 Å². The largest absolute Gasteiger partial charge is 0.416 e. The van der Waals surface area contributed by atoms with Crippen molar-refractivity contribution in [3.8, 4) is 0 Å². The van der Waals surface area contributed by atoms with E-state index in [1.54, 1.807) is 41.7 Å². The van der Waals surface area contributed by atoms with Gasteiger partial charge in [-0.2, -0.15) is 13.2 Å². The molecular weight excluding hydrogens is 411 g/mol. The smallest absolute Gasteiger partial charge is 0.304 e. The summed E-state index contributed by atoms with van der Waals surface area (Å²) in [5.41, 5.74) is 1.86. The monoisotopic (exact) mass is 431 g/mol. The normalized spacial score (nSPS) is 20.3. The van der Waals surface area contributed by atoms with E-state index in [2.05, 4.69) is 17.1 Å². The van der Waals surface area contributed by atoms with Crippen LogP contribution in [0.4, 0.5) is 18.9 Å². The van der Waals surface area contributed by atoms with Gasteiger partial charge >= 0.3 is 6.18 Å². The van der Waals surface area contributed by atoms with Gasteiger partial charge in [0.2, 0.25) is 0 Å². The second-order valence-electron chi connectivity index (χ2n) is 7.61. The molecule has 1 aromatic heterocycles. The molecule has 2 aromatic carbocycles. The fourth-order valence-electron chi connectivity index (χ4n) is 3.88. The van der Waals surface area contributed by atoms with E-state index in [9.17, 15) is 18.0 Å². The quantitative estimate of drug-likeness (QED) is 0.506. The fourth-order valence-corrected chi connectivity index (χ4v) is 4.56. The van der Waals surface area contributed by atoms with Crippen LogP contribution in [0.15, 0.2) is 54.0 Å². The number of nitrogens with zero attached hydrogens (tertiary/aromatic N) is 3. The first-order valence-electron chi connectivity index (χ1n) is 9.66. The summed E-state index contributed by atoms with van der Waals surface area (Å²) >= 11 is 1.69. The van der Waals surface area contributed by atoms with Crippen LogP contribution in [0.2, 0.25) is 0 Å². The maximum absolute atomic E-state index is 13.0. The Morgan fingerprint density at radius 1 is 1.07 bits per heavy atom. The lowest BCUT2D eigenvalue weighted by atomic mass is 9.77. The van der Waals surface area contributed by atoms with Crippen LogP contribution < -0.4 is 4.90 Å². The highest BCUT2D eigenvalue weighted by atomic mass is 32.1. The fraction of sp³-hybridized carbons (Fsp3) is 0.318. The Bertz CT molecular complexity index is 1020. The van der Waals surface area contributed by atoms with E-state index >= 15 is 0 Å². The number of hydrogen-bond donors (Lipinski definition) is 0. The lowest BCUT2D eigenvalue weighted by Crippen LogP contribution is -2.22. The molecule has 0 N–H and O–H groups in total. The van der Waals surface area contributed by atoms with Gasteiger partial charge in [0.25, 0.3) is 5.91 Å². The van der Waals surface area contributed by atoms with Gasteiger partial charge in [-0.15, -0.1) is 21.5 Å². The molecule has 1 fully saturated rings. The summed E-state index contributed by atoms with van der Waals surface area (Å²) in [6.07, 6.45) is -1.82. The van der Waals surface area contributed by atoms with E-state index in [4.69, 9.17) is 0 Å². The molecule has 0 saturated heterocycles. The van der Waals surface area contributed by atoms with E-state index in [0.29, 0.717) is 5.69 Å². The number of anilines is 1. The van der Waals surface area contributed by atoms with Crippen LogP contribution in [0.1, 0.15) is 52.2 Å². The highest BCUT2D eigenvalue weighted by molar-refractivity contribution is 7.09. The third-order valence-corrected chi connectivity index (χ3v) is 6.30. The van der Waals surface area contributed by atoms with Crippen molar-refractivity contribution >= 4 is 22.9 Å². The number of halogens is 3. The van der Waals surface area contributed by atoms with E-state index in [1.165, 1.54) is 34.9 Å². The lowest BCUT2D eigenvalue weighted by molar-refractivity contribution is -0.138. The molecule has 5 rings (SSSR count). The minimum atomic E-state index is -4.45. The highest BCUT2D eigenvalue weighted by Gasteiger charge is 2.39. The zero-order valence-electron chi connectivity index (χ0n) is 16.3. The summed E-state index contributed by atoms with van der Waals surface area (Å²) in [6.45, 7) is 2.24. The Labute approximate surface area is 176 Å². The maximum atomic E-state index is 13.0. The zero-order chi connectivity index (χ0) is 21.3. The molecule has 1 amide bonds. The number of amides is 1. The van der Waals surface area contributed by atoms with Crippen LogP contribution in [0, 0.1) is 5.92 Å². The first-order chi connectivity index (χ1) is 14.3. The van der Waals surface area contributed by atoms with Crippen molar-refractivity contribution in [1.82, 2.24) is 10.2 Å². The highest BCUT2D eigenvalue weighted by Crippen LogP contribution is 2.41. The van der Waals surface area contributed by atoms with Gasteiger partial charge in [-0.1, -0.05) is 31.2 Å². The third-order valence-electron chi connectivity index (χ3n) is 5.44. The van der Waals surface area contributed by atoms with Crippen LogP contribution in [-0.2, 0) is 12.7 Å². The number of aromatic nitrogens is 2. The van der Waals surface area contributed by atoms with Gasteiger partial charge in [-0.25, -0.2) is 0 Å². The topological polar surface area (TPSA) is 46.1 Å². The Morgan fingerprint density at radius 3 is 2.40 bits per heavy atom. The number of fused-ring (bicyclic) bond motifs is 1. The number of carbonyl (C=O) groups excluding carboxylic acids is 1. The molecule has 2 aliphatic rings. The first kappa shape index (κ1) is 20.5. The van der Waals surface area contributed by atoms with Crippen molar-refractivity contribution in [2.45, 2.75) is 38.4 Å². The summed E-state index contributed by atoms with van der Waals surface area (Å²) in [5.74, 6) is 1.26. The molecule has 0 spiro atoms. The molecule has 156 valence electrons. The van der Waals surface area contributed by atoms with E-state index in [0.717, 1.165) is 17.9 Å². The molecule has 2 heterocycles. The van der Waals surface area contributed by atoms with E-state index in [1.807, 2.05) is 5.51 Å². The van der Waals surface area contributed by atoms with Gasteiger partial charge in [-0.3, -0.25) is 4.79 Å². The number of hydrogen-bond acceptors (Lipinski definition) is 4. The number of alkyl halides is 3. The zero-order valence-corrected chi connectivity index (χ0v) is 17.1. The molecule has 0 radical (unpaired) electrons. The van der Waals surface area contributed by atoms with E-state index < -0.39 is 17.6 Å². The molecule has 1 aliphatic heterocycles. The van der Waals surface area contributed by atoms with Gasteiger partial charge in [0.1, 0.15) is 10.5 Å². The average molecular weight is 431 g/mol. The molecule has 1 aliphatic carbocycles. The van der Waals surface area contributed by atoms with Gasteiger partial charge in [0.05, 0.1) is 12.1 Å². The van der Waals surface area contributed by atoms with Crippen molar-refractivity contribution in [3.63, 3.8) is 0 Å².